The SMILES string of the molecule is Cc1ccc(S(=O)(=O)N(C)CC(=O)N(Cc2ccc(Cl)cc2Cl)[C@H](Cc2ccccc2)C(=O)NC2CCCCC2)cc1. The molecule has 4 rings (SSSR count). The van der Waals surface area contributed by atoms with Crippen LogP contribution in [0.2, 0.25) is 10.0 Å². The highest BCUT2D eigenvalue weighted by atomic mass is 35.5. The van der Waals surface area contributed by atoms with E-state index in [2.05, 4.69) is 5.32 Å². The molecule has 1 N–H and O–H groups in total. The van der Waals surface area contributed by atoms with Gasteiger partial charge in [0.25, 0.3) is 0 Å². The largest absolute Gasteiger partial charge is 0.352 e. The second-order valence-electron chi connectivity index (χ2n) is 10.9. The molecule has 1 saturated carbocycles. The van der Waals surface area contributed by atoms with Crippen molar-refractivity contribution in [3.63, 3.8) is 0 Å². The van der Waals surface area contributed by atoms with Crippen LogP contribution in [0.5, 0.6) is 0 Å². The third-order valence-corrected chi connectivity index (χ3v) is 10.1. The summed E-state index contributed by atoms with van der Waals surface area (Å²) in [5.74, 6) is -0.785. The minimum atomic E-state index is -3.96. The number of halogens is 2. The lowest BCUT2D eigenvalue weighted by Crippen LogP contribution is -2.54. The summed E-state index contributed by atoms with van der Waals surface area (Å²) in [7, 11) is -2.59. The number of sulfonamides is 1. The van der Waals surface area contributed by atoms with Crippen LogP contribution in [0.15, 0.2) is 77.7 Å². The standard InChI is InChI=1S/C32H37Cl2N3O4S/c1-23-13-17-28(18-14-23)42(40,41)36(2)22-31(38)37(21-25-15-16-26(33)20-29(25)34)30(19-24-9-5-3-6-10-24)32(39)35-27-11-7-4-8-12-27/h3,5-6,9-10,13-18,20,27,30H,4,7-8,11-12,19,21-22H2,1-2H3,(H,35,39)/t30-/m1/s1. The summed E-state index contributed by atoms with van der Waals surface area (Å²) in [6.07, 6.45) is 5.25. The van der Waals surface area contributed by atoms with Crippen LogP contribution in [-0.2, 0) is 32.6 Å². The van der Waals surface area contributed by atoms with E-state index in [0.29, 0.717) is 15.6 Å². The highest BCUT2D eigenvalue weighted by Gasteiger charge is 2.34. The van der Waals surface area contributed by atoms with Crippen molar-refractivity contribution in [1.29, 1.82) is 0 Å². The maximum atomic E-state index is 14.1. The summed E-state index contributed by atoms with van der Waals surface area (Å²) >= 11 is 12.6. The fourth-order valence-electron chi connectivity index (χ4n) is 5.19. The third-order valence-electron chi connectivity index (χ3n) is 7.67. The molecular formula is C32H37Cl2N3O4S. The molecule has 0 spiro atoms. The fraction of sp³-hybridized carbons (Fsp3) is 0.375. The first-order chi connectivity index (χ1) is 20.0. The molecule has 0 saturated heterocycles. The van der Waals surface area contributed by atoms with Gasteiger partial charge in [-0.3, -0.25) is 9.59 Å². The number of hydrogen-bond acceptors (Lipinski definition) is 4. The molecule has 0 unspecified atom stereocenters. The summed E-state index contributed by atoms with van der Waals surface area (Å²) in [5.41, 5.74) is 2.40. The monoisotopic (exact) mass is 629 g/mol. The van der Waals surface area contributed by atoms with Crippen molar-refractivity contribution in [2.45, 2.75) is 69.0 Å². The minimum Gasteiger partial charge on any atom is -0.352 e. The Balaban J connectivity index is 1.68. The van der Waals surface area contributed by atoms with Gasteiger partial charge < -0.3 is 10.2 Å². The van der Waals surface area contributed by atoms with Crippen molar-refractivity contribution in [3.05, 3.63) is 99.5 Å². The van der Waals surface area contributed by atoms with Gasteiger partial charge in [-0.25, -0.2) is 8.42 Å². The number of hydrogen-bond donors (Lipinski definition) is 1. The van der Waals surface area contributed by atoms with E-state index in [4.69, 9.17) is 23.2 Å². The molecule has 1 aliphatic rings. The van der Waals surface area contributed by atoms with Gasteiger partial charge in [-0.05, 0) is 55.2 Å². The van der Waals surface area contributed by atoms with Crippen molar-refractivity contribution in [1.82, 2.24) is 14.5 Å². The summed E-state index contributed by atoms with van der Waals surface area (Å²) in [6.45, 7) is 1.42. The van der Waals surface area contributed by atoms with E-state index in [-0.39, 0.29) is 29.8 Å². The van der Waals surface area contributed by atoms with Crippen LogP contribution in [-0.4, -0.2) is 55.1 Å². The molecular weight excluding hydrogens is 593 g/mol. The Kier molecular flexibility index (Phi) is 11.1. The Hall–Kier alpha value is -2.91. The number of aryl methyl sites for hydroxylation is 1. The van der Waals surface area contributed by atoms with E-state index >= 15 is 0 Å². The number of carbonyl (C=O) groups excluding carboxylic acids is 2. The minimum absolute atomic E-state index is 0.00282. The molecule has 1 fully saturated rings. The Morgan fingerprint density at radius 1 is 0.952 bits per heavy atom. The quantitative estimate of drug-likeness (QED) is 0.281. The normalized spacial score (nSPS) is 14.9. The van der Waals surface area contributed by atoms with Crippen molar-refractivity contribution in [2.75, 3.05) is 13.6 Å². The molecule has 10 heteroatoms. The summed E-state index contributed by atoms with van der Waals surface area (Å²) in [5, 5.41) is 3.98. The van der Waals surface area contributed by atoms with Crippen LogP contribution in [0.4, 0.5) is 0 Å². The topological polar surface area (TPSA) is 86.8 Å². The van der Waals surface area contributed by atoms with Gasteiger partial charge >= 0.3 is 0 Å². The lowest BCUT2D eigenvalue weighted by Gasteiger charge is -2.34. The molecule has 2 amide bonds. The van der Waals surface area contributed by atoms with E-state index in [1.165, 1.54) is 24.1 Å². The Morgan fingerprint density at radius 3 is 2.26 bits per heavy atom. The van der Waals surface area contributed by atoms with Gasteiger partial charge in [0.2, 0.25) is 21.8 Å². The van der Waals surface area contributed by atoms with Crippen LogP contribution in [0, 0.1) is 6.92 Å². The molecule has 1 atom stereocenters. The van der Waals surface area contributed by atoms with Crippen molar-refractivity contribution >= 4 is 45.0 Å². The second-order valence-corrected chi connectivity index (χ2v) is 13.8. The Morgan fingerprint density at radius 2 is 1.62 bits per heavy atom. The second kappa shape index (κ2) is 14.5. The lowest BCUT2D eigenvalue weighted by molar-refractivity contribution is -0.141. The highest BCUT2D eigenvalue weighted by Crippen LogP contribution is 2.25. The van der Waals surface area contributed by atoms with Crippen LogP contribution < -0.4 is 5.32 Å². The third kappa shape index (κ3) is 8.34. The molecule has 7 nitrogen and oxygen atoms in total. The number of benzene rings is 3. The van der Waals surface area contributed by atoms with Crippen LogP contribution in [0.1, 0.15) is 48.8 Å². The number of amides is 2. The zero-order valence-corrected chi connectivity index (χ0v) is 26.3. The van der Waals surface area contributed by atoms with Crippen molar-refractivity contribution < 1.29 is 18.0 Å². The van der Waals surface area contributed by atoms with Crippen molar-refractivity contribution in [2.24, 2.45) is 0 Å². The van der Waals surface area contributed by atoms with Gasteiger partial charge in [-0.1, -0.05) is 96.6 Å². The molecule has 0 bridgehead atoms. The first-order valence-electron chi connectivity index (χ1n) is 14.2. The average molecular weight is 631 g/mol. The molecule has 0 aliphatic heterocycles. The number of carbonyl (C=O) groups is 2. The molecule has 0 aromatic heterocycles. The first kappa shape index (κ1) is 32.0. The van der Waals surface area contributed by atoms with E-state index in [9.17, 15) is 18.0 Å². The maximum absolute atomic E-state index is 14.1. The zero-order chi connectivity index (χ0) is 30.3. The predicted octanol–water partition coefficient (Wildman–Crippen LogP) is 6.01. The molecule has 42 heavy (non-hydrogen) atoms. The smallest absolute Gasteiger partial charge is 0.243 e. The lowest BCUT2D eigenvalue weighted by atomic mass is 9.94. The number of rotatable bonds is 11. The van der Waals surface area contributed by atoms with Crippen molar-refractivity contribution in [3.8, 4) is 0 Å². The maximum Gasteiger partial charge on any atom is 0.243 e. The highest BCUT2D eigenvalue weighted by molar-refractivity contribution is 7.89. The summed E-state index contributed by atoms with van der Waals surface area (Å²) in [6, 6.07) is 20.1. The zero-order valence-electron chi connectivity index (χ0n) is 23.9. The Bertz CT molecular complexity index is 1480. The summed E-state index contributed by atoms with van der Waals surface area (Å²) in [4.78, 5) is 29.5. The van der Waals surface area contributed by atoms with E-state index < -0.39 is 28.5 Å². The van der Waals surface area contributed by atoms with Gasteiger partial charge in [-0.15, -0.1) is 0 Å². The number of likely N-dealkylation sites (N-methyl/N-ethyl adjacent to an activating group) is 1. The molecule has 3 aromatic rings. The average Bonchev–Trinajstić information content (AvgIpc) is 2.97. The molecule has 0 heterocycles. The fourth-order valence-corrected chi connectivity index (χ4v) is 6.78. The van der Waals surface area contributed by atoms with Crippen LogP contribution >= 0.6 is 23.2 Å². The first-order valence-corrected chi connectivity index (χ1v) is 16.3. The van der Waals surface area contributed by atoms with E-state index in [1.807, 2.05) is 37.3 Å². The van der Waals surface area contributed by atoms with Gasteiger partial charge in [0.05, 0.1) is 11.4 Å². The van der Waals surface area contributed by atoms with Crippen LogP contribution in [0.3, 0.4) is 0 Å². The van der Waals surface area contributed by atoms with Gasteiger partial charge in [-0.2, -0.15) is 4.31 Å². The predicted molar refractivity (Wildman–Crippen MR) is 167 cm³/mol. The van der Waals surface area contributed by atoms with Crippen LogP contribution in [0.25, 0.3) is 0 Å². The molecule has 1 aliphatic carbocycles. The van der Waals surface area contributed by atoms with E-state index in [1.54, 1.807) is 30.3 Å². The van der Waals surface area contributed by atoms with E-state index in [0.717, 1.165) is 47.5 Å². The molecule has 3 aromatic carbocycles. The van der Waals surface area contributed by atoms with Gasteiger partial charge in [0.1, 0.15) is 6.04 Å². The Labute approximate surface area is 258 Å². The summed E-state index contributed by atoms with van der Waals surface area (Å²) < 4.78 is 27.7. The molecule has 0 radical (unpaired) electrons. The number of nitrogens with zero attached hydrogens (tertiary/aromatic N) is 2. The van der Waals surface area contributed by atoms with Gasteiger partial charge in [0, 0.05) is 36.1 Å². The molecule has 224 valence electrons. The van der Waals surface area contributed by atoms with Gasteiger partial charge in [0.15, 0.2) is 0 Å². The number of nitrogens with one attached hydrogen (secondary N) is 1.